The van der Waals surface area contributed by atoms with Crippen LogP contribution in [0.25, 0.3) is 15.9 Å². The van der Waals surface area contributed by atoms with Crippen molar-refractivity contribution in [3.63, 3.8) is 0 Å². The molecule has 168 valence electrons. The Morgan fingerprint density at radius 3 is 2.73 bits per heavy atom. The highest BCUT2D eigenvalue weighted by Gasteiger charge is 2.29. The van der Waals surface area contributed by atoms with Crippen LogP contribution >= 0.6 is 11.3 Å². The number of benzene rings is 1. The van der Waals surface area contributed by atoms with E-state index in [-0.39, 0.29) is 17.4 Å². The summed E-state index contributed by atoms with van der Waals surface area (Å²) in [5.74, 6) is 0.459. The third-order valence-corrected chi connectivity index (χ3v) is 6.94. The summed E-state index contributed by atoms with van der Waals surface area (Å²) in [6.45, 7) is 3.78. The topological polar surface area (TPSA) is 80.1 Å². The number of carbonyl (C=O) groups is 1. The zero-order chi connectivity index (χ0) is 22.8. The predicted octanol–water partition coefficient (Wildman–Crippen LogP) is 3.68. The Hall–Kier alpha value is -3.52. The Morgan fingerprint density at radius 1 is 1.15 bits per heavy atom. The zero-order valence-corrected chi connectivity index (χ0v) is 19.2. The smallest absolute Gasteiger partial charge is 0.277 e. The van der Waals surface area contributed by atoms with Crippen molar-refractivity contribution >= 4 is 33.4 Å². The number of rotatable bonds is 5. The lowest BCUT2D eigenvalue weighted by Crippen LogP contribution is -2.45. The van der Waals surface area contributed by atoms with E-state index < -0.39 is 0 Å². The van der Waals surface area contributed by atoms with E-state index in [4.69, 9.17) is 4.98 Å². The normalized spacial score (nSPS) is 16.2. The summed E-state index contributed by atoms with van der Waals surface area (Å²) in [7, 11) is 0. The van der Waals surface area contributed by atoms with Crippen LogP contribution in [-0.4, -0.2) is 33.5 Å². The van der Waals surface area contributed by atoms with E-state index in [0.29, 0.717) is 29.3 Å². The third-order valence-electron chi connectivity index (χ3n) is 6.05. The number of amides is 1. The van der Waals surface area contributed by atoms with Gasteiger partial charge in [0.25, 0.3) is 5.56 Å². The van der Waals surface area contributed by atoms with E-state index in [0.717, 1.165) is 36.2 Å². The Bertz CT molecular complexity index is 1330. The van der Waals surface area contributed by atoms with Crippen molar-refractivity contribution in [1.29, 1.82) is 0 Å². The van der Waals surface area contributed by atoms with Crippen LogP contribution in [-0.2, 0) is 11.3 Å². The van der Waals surface area contributed by atoms with Crippen molar-refractivity contribution in [3.05, 3.63) is 81.7 Å². The van der Waals surface area contributed by atoms with Crippen LogP contribution in [0.1, 0.15) is 24.0 Å². The number of aromatic nitrogens is 3. The summed E-state index contributed by atoms with van der Waals surface area (Å²) in [6, 6.07) is 13.6. The Morgan fingerprint density at radius 2 is 1.94 bits per heavy atom. The van der Waals surface area contributed by atoms with Gasteiger partial charge in [0.05, 0.1) is 17.1 Å². The van der Waals surface area contributed by atoms with Crippen LogP contribution in [0.4, 0.5) is 5.95 Å². The van der Waals surface area contributed by atoms with Crippen molar-refractivity contribution in [2.45, 2.75) is 26.3 Å². The molecule has 1 aromatic carbocycles. The van der Waals surface area contributed by atoms with Crippen molar-refractivity contribution in [2.75, 3.05) is 18.0 Å². The first kappa shape index (κ1) is 21.3. The van der Waals surface area contributed by atoms with Crippen molar-refractivity contribution in [1.82, 2.24) is 19.9 Å². The summed E-state index contributed by atoms with van der Waals surface area (Å²) < 4.78 is 2.33. The van der Waals surface area contributed by atoms with Gasteiger partial charge in [0, 0.05) is 32.0 Å². The van der Waals surface area contributed by atoms with Gasteiger partial charge in [-0.25, -0.2) is 9.55 Å². The van der Waals surface area contributed by atoms with Gasteiger partial charge in [-0.2, -0.15) is 0 Å². The van der Waals surface area contributed by atoms with Gasteiger partial charge in [0.2, 0.25) is 11.9 Å². The molecule has 1 N–H and O–H groups in total. The molecule has 1 amide bonds. The molecular formula is C25H25N5O2S. The molecule has 1 saturated heterocycles. The Kier molecular flexibility index (Phi) is 5.92. The van der Waals surface area contributed by atoms with Gasteiger partial charge in [-0.05, 0) is 61.0 Å². The minimum Gasteiger partial charge on any atom is -0.352 e. The standard InChI is InChI=1S/C25H25N5O2S/c1-17-4-6-20(7-5-17)30-24(32)22-21(10-14-33-22)28-25(30)29-13-2-3-19(16-29)23(31)27-15-18-8-11-26-12-9-18/h4-12,14,19H,2-3,13,15-16H2,1H3,(H,27,31)/t19-/m1/s1. The molecule has 1 aliphatic heterocycles. The molecule has 0 radical (unpaired) electrons. The van der Waals surface area contributed by atoms with E-state index in [9.17, 15) is 9.59 Å². The largest absolute Gasteiger partial charge is 0.352 e. The van der Waals surface area contributed by atoms with Gasteiger partial charge in [-0.15, -0.1) is 11.3 Å². The maximum atomic E-state index is 13.4. The van der Waals surface area contributed by atoms with Crippen molar-refractivity contribution in [2.24, 2.45) is 5.92 Å². The molecule has 1 atom stereocenters. The average Bonchev–Trinajstić information content (AvgIpc) is 3.33. The van der Waals surface area contributed by atoms with E-state index in [2.05, 4.69) is 15.2 Å². The molecule has 4 aromatic rings. The van der Waals surface area contributed by atoms with Gasteiger partial charge < -0.3 is 10.2 Å². The molecule has 5 rings (SSSR count). The molecule has 3 aromatic heterocycles. The molecule has 0 saturated carbocycles. The molecule has 4 heterocycles. The van der Waals surface area contributed by atoms with Crippen LogP contribution < -0.4 is 15.8 Å². The van der Waals surface area contributed by atoms with Crippen LogP contribution in [0.15, 0.2) is 65.0 Å². The van der Waals surface area contributed by atoms with Crippen molar-refractivity contribution < 1.29 is 4.79 Å². The lowest BCUT2D eigenvalue weighted by molar-refractivity contribution is -0.125. The molecule has 8 heteroatoms. The predicted molar refractivity (Wildman–Crippen MR) is 131 cm³/mol. The molecule has 33 heavy (non-hydrogen) atoms. The number of nitrogens with one attached hydrogen (secondary N) is 1. The lowest BCUT2D eigenvalue weighted by atomic mass is 9.97. The minimum atomic E-state index is -0.165. The number of fused-ring (bicyclic) bond motifs is 1. The number of aryl methyl sites for hydroxylation is 1. The fraction of sp³-hybridized carbons (Fsp3) is 0.280. The van der Waals surface area contributed by atoms with Gasteiger partial charge in [-0.3, -0.25) is 14.6 Å². The second kappa shape index (κ2) is 9.15. The van der Waals surface area contributed by atoms with Crippen molar-refractivity contribution in [3.8, 4) is 5.69 Å². The summed E-state index contributed by atoms with van der Waals surface area (Å²) in [5.41, 5.74) is 3.56. The average molecular weight is 460 g/mol. The fourth-order valence-electron chi connectivity index (χ4n) is 4.25. The van der Waals surface area contributed by atoms with Crippen LogP contribution in [0.2, 0.25) is 0 Å². The first-order valence-corrected chi connectivity index (χ1v) is 12.0. The summed E-state index contributed by atoms with van der Waals surface area (Å²) >= 11 is 1.41. The third kappa shape index (κ3) is 4.39. The Balaban J connectivity index is 1.44. The SMILES string of the molecule is Cc1ccc(-n2c(N3CCC[C@@H](C(=O)NCc4ccncc4)C3)nc3ccsc3c2=O)cc1. The summed E-state index contributed by atoms with van der Waals surface area (Å²) in [6.07, 6.45) is 5.12. The number of nitrogens with zero attached hydrogens (tertiary/aromatic N) is 4. The summed E-state index contributed by atoms with van der Waals surface area (Å²) in [5, 5.41) is 4.95. The number of carbonyl (C=O) groups excluding carboxylic acids is 1. The lowest BCUT2D eigenvalue weighted by Gasteiger charge is -2.34. The van der Waals surface area contributed by atoms with Crippen LogP contribution in [0.5, 0.6) is 0 Å². The summed E-state index contributed by atoms with van der Waals surface area (Å²) in [4.78, 5) is 37.3. The first-order chi connectivity index (χ1) is 16.1. The monoisotopic (exact) mass is 459 g/mol. The second-order valence-corrected chi connectivity index (χ2v) is 9.30. The molecule has 1 fully saturated rings. The van der Waals surface area contributed by atoms with E-state index in [1.54, 1.807) is 17.0 Å². The van der Waals surface area contributed by atoms with Gasteiger partial charge >= 0.3 is 0 Å². The fourth-order valence-corrected chi connectivity index (χ4v) is 5.01. The zero-order valence-electron chi connectivity index (χ0n) is 18.4. The van der Waals surface area contributed by atoms with Crippen LogP contribution in [0, 0.1) is 12.8 Å². The van der Waals surface area contributed by atoms with E-state index >= 15 is 0 Å². The highest BCUT2D eigenvalue weighted by Crippen LogP contribution is 2.26. The first-order valence-electron chi connectivity index (χ1n) is 11.1. The molecule has 0 aliphatic carbocycles. The number of piperidine rings is 1. The maximum Gasteiger partial charge on any atom is 0.277 e. The molecule has 0 spiro atoms. The van der Waals surface area contributed by atoms with Gasteiger partial charge in [0.1, 0.15) is 4.70 Å². The molecule has 7 nitrogen and oxygen atoms in total. The number of hydrogen-bond acceptors (Lipinski definition) is 6. The molecule has 0 bridgehead atoms. The van der Waals surface area contributed by atoms with E-state index in [1.807, 2.05) is 54.8 Å². The number of pyridine rings is 1. The number of anilines is 1. The van der Waals surface area contributed by atoms with Gasteiger partial charge in [0.15, 0.2) is 0 Å². The van der Waals surface area contributed by atoms with Crippen LogP contribution in [0.3, 0.4) is 0 Å². The van der Waals surface area contributed by atoms with Gasteiger partial charge in [-0.1, -0.05) is 17.7 Å². The quantitative estimate of drug-likeness (QED) is 0.492. The highest BCUT2D eigenvalue weighted by atomic mass is 32.1. The molecular weight excluding hydrogens is 434 g/mol. The Labute approximate surface area is 195 Å². The number of hydrogen-bond donors (Lipinski definition) is 1. The maximum absolute atomic E-state index is 13.4. The highest BCUT2D eigenvalue weighted by molar-refractivity contribution is 7.17. The van der Waals surface area contributed by atoms with E-state index in [1.165, 1.54) is 11.3 Å². The second-order valence-electron chi connectivity index (χ2n) is 8.38. The number of thiophene rings is 1. The minimum absolute atomic E-state index is 0.0253. The molecule has 0 unspecified atom stereocenters. The molecule has 1 aliphatic rings.